The van der Waals surface area contributed by atoms with E-state index in [4.69, 9.17) is 4.42 Å². The van der Waals surface area contributed by atoms with Gasteiger partial charge in [-0.1, -0.05) is 24.2 Å². The zero-order valence-electron chi connectivity index (χ0n) is 15.5. The summed E-state index contributed by atoms with van der Waals surface area (Å²) in [6.45, 7) is 2.18. The fraction of sp³-hybridized carbons (Fsp3) is 0.200. The Morgan fingerprint density at radius 3 is 2.96 bits per heavy atom. The molecule has 0 spiro atoms. The van der Waals surface area contributed by atoms with Gasteiger partial charge in [-0.05, 0) is 24.5 Å². The van der Waals surface area contributed by atoms with Gasteiger partial charge in [0.2, 0.25) is 0 Å². The van der Waals surface area contributed by atoms with Gasteiger partial charge in [-0.15, -0.1) is 5.10 Å². The maximum Gasteiger partial charge on any atom is 0.320 e. The van der Waals surface area contributed by atoms with E-state index in [9.17, 15) is 0 Å². The van der Waals surface area contributed by atoms with Crippen LogP contribution in [0.1, 0.15) is 13.3 Å². The van der Waals surface area contributed by atoms with Crippen LogP contribution in [-0.4, -0.2) is 29.9 Å². The van der Waals surface area contributed by atoms with Gasteiger partial charge < -0.3 is 14.7 Å². The van der Waals surface area contributed by atoms with E-state index in [2.05, 4.69) is 55.7 Å². The molecule has 1 aliphatic carbocycles. The van der Waals surface area contributed by atoms with E-state index in [1.807, 2.05) is 37.9 Å². The Bertz CT molecular complexity index is 1210. The lowest BCUT2D eigenvalue weighted by molar-refractivity contribution is 0.586. The van der Waals surface area contributed by atoms with Crippen molar-refractivity contribution in [1.29, 1.82) is 0 Å². The number of allylic oxidation sites excluding steroid dienone is 3. The van der Waals surface area contributed by atoms with Crippen molar-refractivity contribution in [1.82, 2.24) is 29.9 Å². The second kappa shape index (κ2) is 6.49. The summed E-state index contributed by atoms with van der Waals surface area (Å²) in [5.41, 5.74) is 4.53. The quantitative estimate of drug-likeness (QED) is 0.563. The highest BCUT2D eigenvalue weighted by Crippen LogP contribution is 2.31. The molecule has 1 unspecified atom stereocenters. The third-order valence-electron chi connectivity index (χ3n) is 4.79. The molecule has 1 aliphatic rings. The lowest BCUT2D eigenvalue weighted by Crippen LogP contribution is -2.02. The minimum atomic E-state index is 0.367. The average molecular weight is 373 g/mol. The highest BCUT2D eigenvalue weighted by molar-refractivity contribution is 5.93. The van der Waals surface area contributed by atoms with Crippen LogP contribution in [0.2, 0.25) is 0 Å². The molecule has 0 bridgehead atoms. The summed E-state index contributed by atoms with van der Waals surface area (Å²) in [6, 6.07) is 2.42. The molecule has 8 heteroatoms. The topological polar surface area (TPSA) is 97.5 Å². The van der Waals surface area contributed by atoms with Gasteiger partial charge in [0.05, 0.1) is 11.8 Å². The molecule has 0 aromatic carbocycles. The van der Waals surface area contributed by atoms with Crippen LogP contribution in [0.4, 0.5) is 6.01 Å². The van der Waals surface area contributed by atoms with Crippen LogP contribution in [-0.2, 0) is 7.05 Å². The van der Waals surface area contributed by atoms with Crippen molar-refractivity contribution in [2.24, 2.45) is 13.0 Å². The second-order valence-electron chi connectivity index (χ2n) is 6.99. The van der Waals surface area contributed by atoms with E-state index < -0.39 is 0 Å². The maximum absolute atomic E-state index is 5.84. The predicted octanol–water partition coefficient (Wildman–Crippen LogP) is 3.91. The monoisotopic (exact) mass is 373 g/mol. The van der Waals surface area contributed by atoms with Crippen molar-refractivity contribution in [3.63, 3.8) is 0 Å². The molecule has 140 valence electrons. The largest absolute Gasteiger partial charge is 0.403 e. The maximum atomic E-state index is 5.84. The summed E-state index contributed by atoms with van der Waals surface area (Å²) in [7, 11) is 1.89. The Kier molecular flexibility index (Phi) is 3.82. The summed E-state index contributed by atoms with van der Waals surface area (Å²) in [6.07, 6.45) is 14.7. The average Bonchev–Trinajstić information content (AvgIpc) is 3.42. The molecule has 2 N–H and O–H groups in total. The van der Waals surface area contributed by atoms with E-state index in [1.54, 1.807) is 4.68 Å². The molecule has 28 heavy (non-hydrogen) atoms. The molecule has 0 aliphatic heterocycles. The molecule has 4 aromatic heterocycles. The van der Waals surface area contributed by atoms with E-state index >= 15 is 0 Å². The van der Waals surface area contributed by atoms with Crippen LogP contribution in [0, 0.1) is 5.92 Å². The summed E-state index contributed by atoms with van der Waals surface area (Å²) < 4.78 is 7.61. The highest BCUT2D eigenvalue weighted by Gasteiger charge is 2.16. The third kappa shape index (κ3) is 2.98. The minimum absolute atomic E-state index is 0.367. The third-order valence-corrected chi connectivity index (χ3v) is 4.79. The number of rotatable bonds is 4. The Morgan fingerprint density at radius 1 is 1.25 bits per heavy atom. The zero-order chi connectivity index (χ0) is 19.1. The lowest BCUT2D eigenvalue weighted by Gasteiger charge is -2.10. The van der Waals surface area contributed by atoms with E-state index in [0.717, 1.165) is 39.8 Å². The van der Waals surface area contributed by atoms with Crippen LogP contribution >= 0.6 is 0 Å². The molecular formula is C20H19N7O. The molecule has 0 amide bonds. The lowest BCUT2D eigenvalue weighted by atomic mass is 10.0. The number of hydrogen-bond donors (Lipinski definition) is 2. The van der Waals surface area contributed by atoms with Crippen molar-refractivity contribution in [2.45, 2.75) is 13.3 Å². The number of nitrogens with one attached hydrogen (secondary N) is 2. The zero-order valence-corrected chi connectivity index (χ0v) is 15.5. The van der Waals surface area contributed by atoms with Crippen molar-refractivity contribution >= 4 is 17.0 Å². The highest BCUT2D eigenvalue weighted by atomic mass is 16.4. The number of aromatic amines is 1. The van der Waals surface area contributed by atoms with E-state index in [0.29, 0.717) is 17.8 Å². The van der Waals surface area contributed by atoms with E-state index in [-0.39, 0.29) is 0 Å². The molecule has 4 heterocycles. The second-order valence-corrected chi connectivity index (χ2v) is 6.99. The van der Waals surface area contributed by atoms with Crippen LogP contribution in [0.3, 0.4) is 0 Å². The standard InChI is InChI=1S/C20H19N7O/c1-12-3-5-15(6-4-12)24-20-26-25-19(28-20)17-10-22-18-16(17)7-13(8-21-18)14-9-23-27(2)11-14/h3,5-12H,4H2,1-2H3,(H,21,22)(H,24,26). The Balaban J connectivity index is 1.46. The number of aryl methyl sites for hydroxylation is 1. The smallest absolute Gasteiger partial charge is 0.320 e. The minimum Gasteiger partial charge on any atom is -0.403 e. The molecule has 0 saturated heterocycles. The summed E-state index contributed by atoms with van der Waals surface area (Å²) >= 11 is 0. The van der Waals surface area contributed by atoms with Crippen LogP contribution < -0.4 is 5.32 Å². The normalized spacial score (nSPS) is 16.5. The molecule has 0 radical (unpaired) electrons. The molecule has 1 atom stereocenters. The van der Waals surface area contributed by atoms with Gasteiger partial charge in [-0.2, -0.15) is 5.10 Å². The van der Waals surface area contributed by atoms with Gasteiger partial charge in [0, 0.05) is 47.8 Å². The molecule has 0 fully saturated rings. The first-order valence-electron chi connectivity index (χ1n) is 9.11. The number of pyridine rings is 1. The number of H-pyrrole nitrogens is 1. The number of fused-ring (bicyclic) bond motifs is 1. The summed E-state index contributed by atoms with van der Waals surface area (Å²) in [4.78, 5) is 7.67. The number of nitrogens with zero attached hydrogens (tertiary/aromatic N) is 5. The van der Waals surface area contributed by atoms with Crippen LogP contribution in [0.5, 0.6) is 0 Å². The first-order chi connectivity index (χ1) is 13.7. The van der Waals surface area contributed by atoms with Gasteiger partial charge >= 0.3 is 6.01 Å². The summed E-state index contributed by atoms with van der Waals surface area (Å²) in [5.74, 6) is 0.990. The van der Waals surface area contributed by atoms with Crippen LogP contribution in [0.25, 0.3) is 33.6 Å². The molecule has 0 saturated carbocycles. The SMILES string of the molecule is CC1C=CC(Nc2nnc(-c3c[nH]c4ncc(-c5cnn(C)c5)cc34)o2)=CC1. The molecule has 4 aromatic rings. The Morgan fingerprint density at radius 2 is 2.18 bits per heavy atom. The predicted molar refractivity (Wildman–Crippen MR) is 106 cm³/mol. The number of aromatic nitrogens is 6. The fourth-order valence-corrected chi connectivity index (χ4v) is 3.23. The Labute approximate surface area is 161 Å². The van der Waals surface area contributed by atoms with Gasteiger partial charge in [-0.3, -0.25) is 4.68 Å². The van der Waals surface area contributed by atoms with Crippen molar-refractivity contribution < 1.29 is 4.42 Å². The molecule has 5 rings (SSSR count). The van der Waals surface area contributed by atoms with Crippen molar-refractivity contribution in [3.8, 4) is 22.6 Å². The van der Waals surface area contributed by atoms with E-state index in [1.165, 1.54) is 0 Å². The summed E-state index contributed by atoms with van der Waals surface area (Å²) in [5, 5.41) is 16.6. The van der Waals surface area contributed by atoms with Gasteiger partial charge in [0.15, 0.2) is 0 Å². The van der Waals surface area contributed by atoms with Crippen molar-refractivity contribution in [3.05, 3.63) is 54.8 Å². The first-order valence-corrected chi connectivity index (χ1v) is 9.11. The van der Waals surface area contributed by atoms with Gasteiger partial charge in [0.25, 0.3) is 5.89 Å². The number of anilines is 1. The fourth-order valence-electron chi connectivity index (χ4n) is 3.23. The van der Waals surface area contributed by atoms with Gasteiger partial charge in [-0.25, -0.2) is 4.98 Å². The van der Waals surface area contributed by atoms with Crippen LogP contribution in [0.15, 0.2) is 59.2 Å². The Hall–Kier alpha value is -3.68. The van der Waals surface area contributed by atoms with Crippen molar-refractivity contribution in [2.75, 3.05) is 5.32 Å². The van der Waals surface area contributed by atoms with Gasteiger partial charge in [0.1, 0.15) is 5.65 Å². The number of hydrogen-bond acceptors (Lipinski definition) is 6. The molecule has 8 nitrogen and oxygen atoms in total. The molecular weight excluding hydrogens is 354 g/mol. The first kappa shape index (κ1) is 16.5.